The van der Waals surface area contributed by atoms with Crippen LogP contribution in [0.15, 0.2) is 24.3 Å². The quantitative estimate of drug-likeness (QED) is 0.283. The van der Waals surface area contributed by atoms with Crippen molar-refractivity contribution in [3.8, 4) is 5.75 Å². The van der Waals surface area contributed by atoms with Gasteiger partial charge in [0.25, 0.3) is 0 Å². The number of alkyl halides is 2. The largest absolute Gasteiger partial charge is 0.432 e. The van der Waals surface area contributed by atoms with Crippen molar-refractivity contribution in [2.75, 3.05) is 0 Å². The Morgan fingerprint density at radius 3 is 1.69 bits per heavy atom. The smallest absolute Gasteiger partial charge is 0.429 e. The molecule has 0 heterocycles. The molecule has 35 heavy (non-hydrogen) atoms. The Morgan fingerprint density at radius 1 is 0.714 bits per heavy atom. The lowest BCUT2D eigenvalue weighted by Crippen LogP contribution is -2.27. The molecule has 0 amide bonds. The maximum Gasteiger partial charge on any atom is 0.432 e. The van der Waals surface area contributed by atoms with Crippen LogP contribution < -0.4 is 4.74 Å². The van der Waals surface area contributed by atoms with Crippen LogP contribution in [0.25, 0.3) is 0 Å². The van der Waals surface area contributed by atoms with Gasteiger partial charge in [0.2, 0.25) is 0 Å². The van der Waals surface area contributed by atoms with Crippen LogP contribution in [0.4, 0.5) is 30.7 Å². The third-order valence-corrected chi connectivity index (χ3v) is 7.94. The van der Waals surface area contributed by atoms with Crippen LogP contribution in [0, 0.1) is 46.8 Å². The Balaban J connectivity index is 1.44. The third-order valence-electron chi connectivity index (χ3n) is 7.94. The molecular weight excluding hydrogens is 473 g/mol. The van der Waals surface area contributed by atoms with E-state index in [-0.39, 0.29) is 18.1 Å². The predicted octanol–water partition coefficient (Wildman–Crippen LogP) is 9.00. The van der Waals surface area contributed by atoms with E-state index in [0.29, 0.717) is 17.4 Å². The summed E-state index contributed by atoms with van der Waals surface area (Å²) in [5, 5.41) is 0. The Hall–Kier alpha value is -2.25. The van der Waals surface area contributed by atoms with Crippen molar-refractivity contribution in [3.05, 3.63) is 64.5 Å². The van der Waals surface area contributed by atoms with Crippen molar-refractivity contribution in [3.63, 3.8) is 0 Å². The maximum atomic E-state index is 14.7. The molecule has 2 aliphatic carbocycles. The molecule has 0 radical (unpaired) electrons. The first-order valence-electron chi connectivity index (χ1n) is 12.3. The highest BCUT2D eigenvalue weighted by atomic mass is 19.3. The molecule has 0 atom stereocenters. The monoisotopic (exact) mass is 502 g/mol. The topological polar surface area (TPSA) is 9.23 Å². The summed E-state index contributed by atoms with van der Waals surface area (Å²) in [6, 6.07) is 2.14. The first-order chi connectivity index (χ1) is 16.6. The van der Waals surface area contributed by atoms with E-state index >= 15 is 0 Å². The highest BCUT2D eigenvalue weighted by Crippen LogP contribution is 2.45. The van der Waals surface area contributed by atoms with Crippen LogP contribution in [-0.4, -0.2) is 0 Å². The molecule has 4 rings (SSSR count). The van der Waals surface area contributed by atoms with Gasteiger partial charge in [-0.2, -0.15) is 8.78 Å². The van der Waals surface area contributed by atoms with Crippen molar-refractivity contribution in [2.24, 2.45) is 17.8 Å². The average Bonchev–Trinajstić information content (AvgIpc) is 2.81. The van der Waals surface area contributed by atoms with Crippen molar-refractivity contribution >= 4 is 0 Å². The molecule has 0 spiro atoms. The molecule has 2 aliphatic rings. The lowest BCUT2D eigenvalue weighted by Gasteiger charge is -2.38. The lowest BCUT2D eigenvalue weighted by molar-refractivity contribution is -0.189. The molecule has 0 saturated heterocycles. The van der Waals surface area contributed by atoms with E-state index in [9.17, 15) is 30.7 Å². The van der Waals surface area contributed by atoms with Gasteiger partial charge in [0.1, 0.15) is 22.9 Å². The van der Waals surface area contributed by atoms with Crippen molar-refractivity contribution < 1.29 is 35.5 Å². The van der Waals surface area contributed by atoms with Crippen LogP contribution in [-0.2, 0) is 6.11 Å². The zero-order chi connectivity index (χ0) is 25.3. The van der Waals surface area contributed by atoms with Gasteiger partial charge in [-0.15, -0.1) is 0 Å². The standard InChI is InChI=1S/C27H29F7O/c1-2-15-3-5-16(6-4-15)17-7-9-18(10-8-17)19-11-21(28)25(22(29)12-19)27(33,34)35-20-13-23(30)26(32)24(31)14-20/h11-18H,2-10H2,1H3/t15-,16-,17?,18?. The molecule has 2 saturated carbocycles. The van der Waals surface area contributed by atoms with Gasteiger partial charge in [-0.05, 0) is 79.9 Å². The SMILES string of the molecule is CC[C@H]1CC[C@H](C2CCC(c3cc(F)c(C(F)(F)Oc4cc(F)c(F)c(F)c4)c(F)c3)CC2)CC1. The molecule has 0 aromatic heterocycles. The van der Waals surface area contributed by atoms with Crippen molar-refractivity contribution in [2.45, 2.75) is 76.7 Å². The van der Waals surface area contributed by atoms with Crippen LogP contribution >= 0.6 is 0 Å². The fourth-order valence-corrected chi connectivity index (χ4v) is 5.89. The van der Waals surface area contributed by atoms with E-state index in [2.05, 4.69) is 11.7 Å². The van der Waals surface area contributed by atoms with Crippen LogP contribution in [0.2, 0.25) is 0 Å². The summed E-state index contributed by atoms with van der Waals surface area (Å²) in [6.45, 7) is 2.23. The van der Waals surface area contributed by atoms with Crippen LogP contribution in [0.5, 0.6) is 5.75 Å². The summed E-state index contributed by atoms with van der Waals surface area (Å²) < 4.78 is 102. The van der Waals surface area contributed by atoms with E-state index in [1.54, 1.807) is 0 Å². The zero-order valence-corrected chi connectivity index (χ0v) is 19.5. The third kappa shape index (κ3) is 5.61. The molecule has 8 heteroatoms. The molecule has 0 bridgehead atoms. The molecule has 2 fully saturated rings. The summed E-state index contributed by atoms with van der Waals surface area (Å²) in [7, 11) is 0. The van der Waals surface area contributed by atoms with E-state index < -0.39 is 46.5 Å². The fraction of sp³-hybridized carbons (Fsp3) is 0.556. The maximum absolute atomic E-state index is 14.7. The number of hydrogen-bond acceptors (Lipinski definition) is 1. The predicted molar refractivity (Wildman–Crippen MR) is 118 cm³/mol. The molecule has 192 valence electrons. The molecule has 2 aromatic carbocycles. The number of ether oxygens (including phenoxy) is 1. The Kier molecular flexibility index (Phi) is 7.67. The summed E-state index contributed by atoms with van der Waals surface area (Å²) >= 11 is 0. The van der Waals surface area contributed by atoms with Gasteiger partial charge in [0.05, 0.1) is 0 Å². The summed E-state index contributed by atoms with van der Waals surface area (Å²) in [5.41, 5.74) is -1.35. The van der Waals surface area contributed by atoms with Crippen LogP contribution in [0.3, 0.4) is 0 Å². The van der Waals surface area contributed by atoms with Crippen LogP contribution in [0.1, 0.15) is 81.8 Å². The average molecular weight is 503 g/mol. The second-order valence-corrected chi connectivity index (χ2v) is 9.98. The summed E-state index contributed by atoms with van der Waals surface area (Å²) in [5.74, 6) is -7.55. The van der Waals surface area contributed by atoms with Crippen molar-refractivity contribution in [1.29, 1.82) is 0 Å². The molecule has 0 N–H and O–H groups in total. The Bertz CT molecular complexity index is 992. The second kappa shape index (κ2) is 10.4. The van der Waals surface area contributed by atoms with Gasteiger partial charge in [0.15, 0.2) is 17.5 Å². The first-order valence-corrected chi connectivity index (χ1v) is 12.3. The number of rotatable bonds is 6. The molecule has 0 unspecified atom stereocenters. The van der Waals surface area contributed by atoms with E-state index in [1.165, 1.54) is 32.1 Å². The van der Waals surface area contributed by atoms with Gasteiger partial charge >= 0.3 is 6.11 Å². The summed E-state index contributed by atoms with van der Waals surface area (Å²) in [6.07, 6.45) is 4.96. The first kappa shape index (κ1) is 25.8. The summed E-state index contributed by atoms with van der Waals surface area (Å²) in [4.78, 5) is 0. The van der Waals surface area contributed by atoms with Crippen molar-refractivity contribution in [1.82, 2.24) is 0 Å². The highest BCUT2D eigenvalue weighted by Gasteiger charge is 2.42. The Morgan fingerprint density at radius 2 is 1.20 bits per heavy atom. The minimum absolute atomic E-state index is 0.133. The molecule has 2 aromatic rings. The normalized spacial score (nSPS) is 25.5. The number of halogens is 7. The van der Waals surface area contributed by atoms with Gasteiger partial charge in [-0.25, -0.2) is 22.0 Å². The fourth-order valence-electron chi connectivity index (χ4n) is 5.89. The van der Waals surface area contributed by atoms with Gasteiger partial charge in [-0.3, -0.25) is 0 Å². The van der Waals surface area contributed by atoms with Gasteiger partial charge in [-0.1, -0.05) is 26.2 Å². The zero-order valence-electron chi connectivity index (χ0n) is 19.5. The second-order valence-electron chi connectivity index (χ2n) is 9.98. The number of hydrogen-bond donors (Lipinski definition) is 0. The molecule has 1 nitrogen and oxygen atoms in total. The Labute approximate surface area is 200 Å². The van der Waals surface area contributed by atoms with Gasteiger partial charge < -0.3 is 4.74 Å². The van der Waals surface area contributed by atoms with Gasteiger partial charge in [0, 0.05) is 12.1 Å². The molecular formula is C27H29F7O. The number of benzene rings is 2. The van der Waals surface area contributed by atoms with E-state index in [1.807, 2.05) is 0 Å². The lowest BCUT2D eigenvalue weighted by atomic mass is 9.68. The van der Waals surface area contributed by atoms with E-state index in [4.69, 9.17) is 0 Å². The van der Waals surface area contributed by atoms with E-state index in [0.717, 1.165) is 43.7 Å². The molecule has 0 aliphatic heterocycles. The minimum atomic E-state index is -4.57. The highest BCUT2D eigenvalue weighted by molar-refractivity contribution is 5.33. The minimum Gasteiger partial charge on any atom is -0.429 e.